The van der Waals surface area contributed by atoms with E-state index in [-0.39, 0.29) is 10.6 Å². The minimum atomic E-state index is -4.56. The topological polar surface area (TPSA) is 71.4 Å². The molecule has 1 saturated heterocycles. The number of aromatic nitrogens is 1. The van der Waals surface area contributed by atoms with Gasteiger partial charge in [0.2, 0.25) is 5.91 Å². The molecule has 4 rings (SSSR count). The molecule has 2 heterocycles. The standard InChI is InChI=1S/C27H24F3N3O3S/c1-15-8-9-22(10-16(15)2)33-17(3)11-19(18(33)4)12-23-25(35)32(26(36)37-23)14-24(34)31-21-7-5-6-20(13-21)27(28,29)30/h5-13H,14H2,1-4H3,(H,31,34)/b23-12-. The molecule has 0 saturated carbocycles. The Balaban J connectivity index is 1.51. The molecule has 1 aromatic heterocycles. The van der Waals surface area contributed by atoms with Gasteiger partial charge in [-0.25, -0.2) is 0 Å². The van der Waals surface area contributed by atoms with E-state index >= 15 is 0 Å². The van der Waals surface area contributed by atoms with Gasteiger partial charge >= 0.3 is 6.18 Å². The van der Waals surface area contributed by atoms with Gasteiger partial charge in [0.25, 0.3) is 11.1 Å². The summed E-state index contributed by atoms with van der Waals surface area (Å²) < 4.78 is 40.8. The first kappa shape index (κ1) is 26.3. The summed E-state index contributed by atoms with van der Waals surface area (Å²) in [6.07, 6.45) is -2.94. The number of benzene rings is 2. The van der Waals surface area contributed by atoms with Crippen molar-refractivity contribution in [3.63, 3.8) is 0 Å². The third kappa shape index (κ3) is 5.48. The van der Waals surface area contributed by atoms with Crippen molar-refractivity contribution in [2.45, 2.75) is 33.9 Å². The number of hydrogen-bond donors (Lipinski definition) is 1. The molecule has 0 atom stereocenters. The lowest BCUT2D eigenvalue weighted by atomic mass is 10.1. The Morgan fingerprint density at radius 3 is 2.41 bits per heavy atom. The Labute approximate surface area is 216 Å². The summed E-state index contributed by atoms with van der Waals surface area (Å²) in [6, 6.07) is 12.2. The van der Waals surface area contributed by atoms with E-state index in [0.717, 1.165) is 51.3 Å². The predicted octanol–water partition coefficient (Wildman–Crippen LogP) is 6.40. The van der Waals surface area contributed by atoms with Gasteiger partial charge in [-0.1, -0.05) is 12.1 Å². The summed E-state index contributed by atoms with van der Waals surface area (Å²) in [7, 11) is 0. The van der Waals surface area contributed by atoms with Crippen molar-refractivity contribution in [3.8, 4) is 5.69 Å². The van der Waals surface area contributed by atoms with Crippen molar-refractivity contribution >= 4 is 40.6 Å². The fourth-order valence-corrected chi connectivity index (χ4v) is 4.92. The lowest BCUT2D eigenvalue weighted by molar-refractivity contribution is -0.137. The second kappa shape index (κ2) is 9.93. The maximum atomic E-state index is 12.9. The van der Waals surface area contributed by atoms with Crippen LogP contribution in [0.5, 0.6) is 0 Å². The summed E-state index contributed by atoms with van der Waals surface area (Å²) >= 11 is 0.715. The number of carbonyl (C=O) groups is 3. The van der Waals surface area contributed by atoms with Gasteiger partial charge in [-0.15, -0.1) is 0 Å². The smallest absolute Gasteiger partial charge is 0.325 e. The zero-order chi connectivity index (χ0) is 27.1. The van der Waals surface area contributed by atoms with Gasteiger partial charge in [-0.2, -0.15) is 13.2 Å². The van der Waals surface area contributed by atoms with Crippen LogP contribution < -0.4 is 5.32 Å². The zero-order valence-electron chi connectivity index (χ0n) is 20.6. The number of amides is 3. The normalized spacial score (nSPS) is 15.1. The lowest BCUT2D eigenvalue weighted by Crippen LogP contribution is -2.36. The van der Waals surface area contributed by atoms with Gasteiger partial charge in [-0.3, -0.25) is 19.3 Å². The average Bonchev–Trinajstić information content (AvgIpc) is 3.24. The van der Waals surface area contributed by atoms with Crippen molar-refractivity contribution in [2.75, 3.05) is 11.9 Å². The SMILES string of the molecule is Cc1ccc(-n2c(C)cc(/C=C3\SC(=O)N(CC(=O)Nc4cccc(C(F)(F)F)c4)C3=O)c2C)cc1C. The van der Waals surface area contributed by atoms with Crippen LogP contribution in [0.4, 0.5) is 23.7 Å². The molecule has 6 nitrogen and oxygen atoms in total. The van der Waals surface area contributed by atoms with E-state index in [4.69, 9.17) is 0 Å². The third-order valence-corrected chi connectivity index (χ3v) is 7.06. The van der Waals surface area contributed by atoms with Crippen LogP contribution in [0.15, 0.2) is 53.4 Å². The molecule has 37 heavy (non-hydrogen) atoms. The molecule has 192 valence electrons. The van der Waals surface area contributed by atoms with E-state index in [1.54, 1.807) is 6.08 Å². The van der Waals surface area contributed by atoms with Crippen LogP contribution in [0.25, 0.3) is 11.8 Å². The zero-order valence-corrected chi connectivity index (χ0v) is 21.4. The first-order valence-corrected chi connectivity index (χ1v) is 12.2. The molecule has 3 amide bonds. The van der Waals surface area contributed by atoms with Crippen molar-refractivity contribution in [1.82, 2.24) is 9.47 Å². The fraction of sp³-hybridized carbons (Fsp3) is 0.222. The number of carbonyl (C=O) groups excluding carboxylic acids is 3. The molecule has 1 N–H and O–H groups in total. The third-order valence-electron chi connectivity index (χ3n) is 6.15. The van der Waals surface area contributed by atoms with E-state index in [1.165, 1.54) is 11.6 Å². The Hall–Kier alpha value is -3.79. The Morgan fingerprint density at radius 1 is 1.00 bits per heavy atom. The van der Waals surface area contributed by atoms with Crippen LogP contribution >= 0.6 is 11.8 Å². The number of halogens is 3. The molecule has 2 aromatic carbocycles. The molecule has 1 aliphatic rings. The number of anilines is 1. The second-order valence-corrected chi connectivity index (χ2v) is 9.82. The summed E-state index contributed by atoms with van der Waals surface area (Å²) in [5.74, 6) is -1.42. The first-order valence-electron chi connectivity index (χ1n) is 11.3. The maximum Gasteiger partial charge on any atom is 0.416 e. The minimum absolute atomic E-state index is 0.0823. The van der Waals surface area contributed by atoms with E-state index in [0.29, 0.717) is 11.8 Å². The number of imide groups is 1. The number of nitrogens with one attached hydrogen (secondary N) is 1. The van der Waals surface area contributed by atoms with Crippen molar-refractivity contribution in [3.05, 3.63) is 87.1 Å². The van der Waals surface area contributed by atoms with Crippen LogP contribution in [0.2, 0.25) is 0 Å². The van der Waals surface area contributed by atoms with Crippen LogP contribution in [0.3, 0.4) is 0 Å². The lowest BCUT2D eigenvalue weighted by Gasteiger charge is -2.13. The molecule has 0 unspecified atom stereocenters. The fourth-order valence-electron chi connectivity index (χ4n) is 4.09. The molecule has 0 radical (unpaired) electrons. The van der Waals surface area contributed by atoms with Gasteiger partial charge in [0.1, 0.15) is 6.54 Å². The summed E-state index contributed by atoms with van der Waals surface area (Å²) in [5, 5.41) is 1.69. The number of hydrogen-bond acceptors (Lipinski definition) is 4. The highest BCUT2D eigenvalue weighted by Gasteiger charge is 2.37. The number of rotatable bonds is 5. The van der Waals surface area contributed by atoms with E-state index < -0.39 is 35.3 Å². The van der Waals surface area contributed by atoms with Crippen molar-refractivity contribution < 1.29 is 27.6 Å². The average molecular weight is 528 g/mol. The highest BCUT2D eigenvalue weighted by molar-refractivity contribution is 8.18. The van der Waals surface area contributed by atoms with Crippen molar-refractivity contribution in [1.29, 1.82) is 0 Å². The quantitative estimate of drug-likeness (QED) is 0.390. The van der Waals surface area contributed by atoms with Crippen LogP contribution in [0, 0.1) is 27.7 Å². The minimum Gasteiger partial charge on any atom is -0.325 e. The number of alkyl halides is 3. The Kier molecular flexibility index (Phi) is 7.05. The second-order valence-electron chi connectivity index (χ2n) is 8.83. The Bertz CT molecular complexity index is 1460. The van der Waals surface area contributed by atoms with Crippen LogP contribution in [-0.2, 0) is 15.8 Å². The molecule has 0 bridgehead atoms. The molecular formula is C27H24F3N3O3S. The van der Waals surface area contributed by atoms with E-state index in [9.17, 15) is 27.6 Å². The molecule has 10 heteroatoms. The monoisotopic (exact) mass is 527 g/mol. The van der Waals surface area contributed by atoms with Crippen LogP contribution in [0.1, 0.15) is 33.6 Å². The van der Waals surface area contributed by atoms with Gasteiger partial charge in [-0.05, 0) is 98.6 Å². The van der Waals surface area contributed by atoms with Crippen molar-refractivity contribution in [2.24, 2.45) is 0 Å². The molecule has 1 fully saturated rings. The number of thioether (sulfide) groups is 1. The van der Waals surface area contributed by atoms with Crippen LogP contribution in [-0.4, -0.2) is 33.1 Å². The largest absolute Gasteiger partial charge is 0.416 e. The molecule has 0 spiro atoms. The highest BCUT2D eigenvalue weighted by atomic mass is 32.2. The predicted molar refractivity (Wildman–Crippen MR) is 137 cm³/mol. The molecule has 3 aromatic rings. The van der Waals surface area contributed by atoms with Gasteiger partial charge in [0.05, 0.1) is 10.5 Å². The van der Waals surface area contributed by atoms with Gasteiger partial charge < -0.3 is 9.88 Å². The highest BCUT2D eigenvalue weighted by Crippen LogP contribution is 2.34. The maximum absolute atomic E-state index is 12.9. The summed E-state index contributed by atoms with van der Waals surface area (Å²) in [5.41, 5.74) is 4.90. The van der Waals surface area contributed by atoms with E-state index in [2.05, 4.69) is 16.0 Å². The van der Waals surface area contributed by atoms with E-state index in [1.807, 2.05) is 45.9 Å². The molecule has 1 aliphatic heterocycles. The summed E-state index contributed by atoms with van der Waals surface area (Å²) in [4.78, 5) is 38.8. The Morgan fingerprint density at radius 2 is 1.73 bits per heavy atom. The number of nitrogens with zero attached hydrogens (tertiary/aromatic N) is 2. The molecule has 0 aliphatic carbocycles. The summed E-state index contributed by atoms with van der Waals surface area (Å²) in [6.45, 7) is 7.33. The van der Waals surface area contributed by atoms with Gasteiger partial charge in [0.15, 0.2) is 0 Å². The molecular weight excluding hydrogens is 503 g/mol. The first-order chi connectivity index (χ1) is 17.3. The van der Waals surface area contributed by atoms with Gasteiger partial charge in [0, 0.05) is 22.8 Å². The number of aryl methyl sites for hydroxylation is 3.